The zero-order valence-corrected chi connectivity index (χ0v) is 17.0. The van der Waals surface area contributed by atoms with Crippen LogP contribution in [-0.2, 0) is 0 Å². The Morgan fingerprint density at radius 1 is 1.03 bits per heavy atom. The summed E-state index contributed by atoms with van der Waals surface area (Å²) in [7, 11) is 0. The Labute approximate surface area is 171 Å². The van der Waals surface area contributed by atoms with Crippen molar-refractivity contribution in [3.8, 4) is 0 Å². The lowest BCUT2D eigenvalue weighted by molar-refractivity contribution is 0.102. The van der Waals surface area contributed by atoms with E-state index in [0.29, 0.717) is 5.56 Å². The van der Waals surface area contributed by atoms with Gasteiger partial charge in [0, 0.05) is 50.1 Å². The SMILES string of the molecule is Cc1cccc(NC(=O)c2ccc3ccc(N4CCN(CC5CC5)CC4)n3c2)c1. The van der Waals surface area contributed by atoms with Gasteiger partial charge in [0.25, 0.3) is 5.91 Å². The van der Waals surface area contributed by atoms with Gasteiger partial charge in [-0.1, -0.05) is 12.1 Å². The number of nitrogens with zero attached hydrogens (tertiary/aromatic N) is 3. The lowest BCUT2D eigenvalue weighted by atomic mass is 10.2. The summed E-state index contributed by atoms with van der Waals surface area (Å²) in [6.45, 7) is 7.62. The summed E-state index contributed by atoms with van der Waals surface area (Å²) in [6.07, 6.45) is 4.79. The molecular formula is C24H28N4O. The Morgan fingerprint density at radius 2 is 1.83 bits per heavy atom. The van der Waals surface area contributed by atoms with Crippen LogP contribution < -0.4 is 10.2 Å². The zero-order valence-electron chi connectivity index (χ0n) is 17.0. The van der Waals surface area contributed by atoms with E-state index in [0.717, 1.165) is 48.9 Å². The molecule has 0 bridgehead atoms. The van der Waals surface area contributed by atoms with Gasteiger partial charge in [0.15, 0.2) is 0 Å². The summed E-state index contributed by atoms with van der Waals surface area (Å²) < 4.78 is 2.15. The van der Waals surface area contributed by atoms with Crippen LogP contribution in [0.25, 0.3) is 5.52 Å². The van der Waals surface area contributed by atoms with Gasteiger partial charge in [-0.05, 0) is 67.6 Å². The third kappa shape index (κ3) is 4.01. The molecule has 0 unspecified atom stereocenters. The largest absolute Gasteiger partial charge is 0.355 e. The number of hydrogen-bond acceptors (Lipinski definition) is 3. The van der Waals surface area contributed by atoms with E-state index in [1.165, 1.54) is 25.2 Å². The number of fused-ring (bicyclic) bond motifs is 1. The molecule has 1 aliphatic heterocycles. The summed E-state index contributed by atoms with van der Waals surface area (Å²) in [5, 5.41) is 3.01. The van der Waals surface area contributed by atoms with Crippen molar-refractivity contribution in [2.75, 3.05) is 42.9 Å². The highest BCUT2D eigenvalue weighted by Crippen LogP contribution is 2.30. The van der Waals surface area contributed by atoms with Crippen LogP contribution in [-0.4, -0.2) is 47.9 Å². The van der Waals surface area contributed by atoms with Crippen LogP contribution in [0.5, 0.6) is 0 Å². The van der Waals surface area contributed by atoms with E-state index in [1.807, 2.05) is 49.5 Å². The minimum atomic E-state index is -0.0774. The van der Waals surface area contributed by atoms with Gasteiger partial charge < -0.3 is 14.6 Å². The van der Waals surface area contributed by atoms with Crippen molar-refractivity contribution >= 4 is 22.9 Å². The topological polar surface area (TPSA) is 40.0 Å². The van der Waals surface area contributed by atoms with E-state index in [9.17, 15) is 4.79 Å². The maximum Gasteiger partial charge on any atom is 0.257 e. The monoisotopic (exact) mass is 388 g/mol. The van der Waals surface area contributed by atoms with Crippen LogP contribution in [0, 0.1) is 12.8 Å². The molecule has 1 aromatic carbocycles. The molecule has 2 aliphatic rings. The molecule has 1 N–H and O–H groups in total. The van der Waals surface area contributed by atoms with E-state index in [4.69, 9.17) is 0 Å². The minimum absolute atomic E-state index is 0.0774. The fourth-order valence-electron chi connectivity index (χ4n) is 4.23. The number of carbonyl (C=O) groups excluding carboxylic acids is 1. The Hall–Kier alpha value is -2.79. The quantitative estimate of drug-likeness (QED) is 0.717. The van der Waals surface area contributed by atoms with E-state index < -0.39 is 0 Å². The van der Waals surface area contributed by atoms with Crippen LogP contribution in [0.15, 0.2) is 54.7 Å². The summed E-state index contributed by atoms with van der Waals surface area (Å²) >= 11 is 0. The first-order valence-corrected chi connectivity index (χ1v) is 10.6. The van der Waals surface area contributed by atoms with E-state index in [2.05, 4.69) is 31.7 Å². The van der Waals surface area contributed by atoms with Crippen LogP contribution in [0.3, 0.4) is 0 Å². The Kier molecular flexibility index (Phi) is 4.76. The van der Waals surface area contributed by atoms with Crippen molar-refractivity contribution in [2.24, 2.45) is 5.92 Å². The highest BCUT2D eigenvalue weighted by Gasteiger charge is 2.27. The highest BCUT2D eigenvalue weighted by atomic mass is 16.1. The number of piperazine rings is 1. The minimum Gasteiger partial charge on any atom is -0.355 e. The molecule has 5 nitrogen and oxygen atoms in total. The number of anilines is 2. The molecule has 150 valence electrons. The van der Waals surface area contributed by atoms with Crippen molar-refractivity contribution in [3.63, 3.8) is 0 Å². The van der Waals surface area contributed by atoms with Gasteiger partial charge in [-0.2, -0.15) is 0 Å². The first kappa shape index (κ1) is 18.3. The third-order valence-electron chi connectivity index (χ3n) is 6.08. The molecule has 5 rings (SSSR count). The lowest BCUT2D eigenvalue weighted by Gasteiger charge is -2.35. The number of aromatic nitrogens is 1. The van der Waals surface area contributed by atoms with Gasteiger partial charge >= 0.3 is 0 Å². The molecule has 0 atom stereocenters. The predicted octanol–water partition coefficient (Wildman–Crippen LogP) is 4.03. The fourth-order valence-corrected chi connectivity index (χ4v) is 4.23. The Balaban J connectivity index is 1.32. The molecule has 1 saturated heterocycles. The first-order valence-electron chi connectivity index (χ1n) is 10.6. The fraction of sp³-hybridized carbons (Fsp3) is 0.375. The van der Waals surface area contributed by atoms with Gasteiger partial charge in [0.05, 0.1) is 5.56 Å². The standard InChI is InChI=1S/C24H28N4O/c1-18-3-2-4-21(15-18)25-24(29)20-7-8-22-9-10-23(28(22)17-20)27-13-11-26(12-14-27)16-19-5-6-19/h2-4,7-10,15,17,19H,5-6,11-14,16H2,1H3,(H,25,29). The van der Waals surface area contributed by atoms with Gasteiger partial charge in [0.2, 0.25) is 0 Å². The number of benzene rings is 1. The zero-order chi connectivity index (χ0) is 19.8. The number of amides is 1. The molecule has 2 aromatic heterocycles. The third-order valence-corrected chi connectivity index (χ3v) is 6.08. The normalized spacial score (nSPS) is 17.6. The van der Waals surface area contributed by atoms with Crippen LogP contribution in [0.2, 0.25) is 0 Å². The average molecular weight is 389 g/mol. The molecule has 29 heavy (non-hydrogen) atoms. The van der Waals surface area contributed by atoms with Crippen molar-refractivity contribution in [1.82, 2.24) is 9.30 Å². The second-order valence-electron chi connectivity index (χ2n) is 8.46. The van der Waals surface area contributed by atoms with Crippen LogP contribution in [0.1, 0.15) is 28.8 Å². The maximum atomic E-state index is 12.8. The summed E-state index contributed by atoms with van der Waals surface area (Å²) in [6, 6.07) is 16.1. The van der Waals surface area contributed by atoms with Gasteiger partial charge in [-0.25, -0.2) is 0 Å². The molecule has 1 saturated carbocycles. The molecule has 3 heterocycles. The van der Waals surface area contributed by atoms with Crippen LogP contribution in [0.4, 0.5) is 11.5 Å². The predicted molar refractivity (Wildman–Crippen MR) is 118 cm³/mol. The van der Waals surface area contributed by atoms with Crippen molar-refractivity contribution in [1.29, 1.82) is 0 Å². The second-order valence-corrected chi connectivity index (χ2v) is 8.46. The smallest absolute Gasteiger partial charge is 0.257 e. The van der Waals surface area contributed by atoms with Gasteiger partial charge in [0.1, 0.15) is 5.82 Å². The van der Waals surface area contributed by atoms with Gasteiger partial charge in [-0.15, -0.1) is 0 Å². The molecule has 0 radical (unpaired) electrons. The van der Waals surface area contributed by atoms with Crippen molar-refractivity contribution < 1.29 is 4.79 Å². The summed E-state index contributed by atoms with van der Waals surface area (Å²) in [5.41, 5.74) is 3.75. The van der Waals surface area contributed by atoms with Gasteiger partial charge in [-0.3, -0.25) is 9.69 Å². The Bertz CT molecular complexity index is 1030. The molecular weight excluding hydrogens is 360 g/mol. The summed E-state index contributed by atoms with van der Waals surface area (Å²) in [4.78, 5) is 17.8. The second kappa shape index (κ2) is 7.56. The maximum absolute atomic E-state index is 12.8. The molecule has 0 spiro atoms. The molecule has 1 amide bonds. The van der Waals surface area contributed by atoms with E-state index in [-0.39, 0.29) is 5.91 Å². The first-order chi connectivity index (χ1) is 14.2. The number of rotatable bonds is 5. The lowest BCUT2D eigenvalue weighted by Crippen LogP contribution is -2.47. The Morgan fingerprint density at radius 3 is 2.59 bits per heavy atom. The average Bonchev–Trinajstić information content (AvgIpc) is 3.44. The molecule has 3 aromatic rings. The van der Waals surface area contributed by atoms with Crippen molar-refractivity contribution in [2.45, 2.75) is 19.8 Å². The van der Waals surface area contributed by atoms with E-state index >= 15 is 0 Å². The highest BCUT2D eigenvalue weighted by molar-refractivity contribution is 6.04. The molecule has 1 aliphatic carbocycles. The number of aryl methyl sites for hydroxylation is 1. The van der Waals surface area contributed by atoms with E-state index in [1.54, 1.807) is 0 Å². The number of nitrogens with one attached hydrogen (secondary N) is 1. The van der Waals surface area contributed by atoms with Crippen molar-refractivity contribution in [3.05, 3.63) is 65.9 Å². The molecule has 5 heteroatoms. The summed E-state index contributed by atoms with van der Waals surface area (Å²) in [5.74, 6) is 2.05. The number of carbonyl (C=O) groups is 1. The molecule has 2 fully saturated rings. The van der Waals surface area contributed by atoms with Crippen LogP contribution >= 0.6 is 0 Å². The number of hydrogen-bond donors (Lipinski definition) is 1. The number of pyridine rings is 1.